The number of allylic oxidation sites excluding steroid dienone is 1. The second-order valence-electron chi connectivity index (χ2n) is 3.73. The van der Waals surface area contributed by atoms with Gasteiger partial charge in [0, 0.05) is 5.41 Å². The molecule has 0 aromatic heterocycles. The van der Waals surface area contributed by atoms with E-state index in [0.29, 0.717) is 5.41 Å². The summed E-state index contributed by atoms with van der Waals surface area (Å²) in [6.07, 6.45) is 4.65. The molecule has 1 aliphatic carbocycles. The van der Waals surface area contributed by atoms with Crippen LogP contribution in [0.4, 0.5) is 0 Å². The monoisotopic (exact) mass is 158 g/mol. The predicted octanol–water partition coefficient (Wildman–Crippen LogP) is 3.21. The zero-order chi connectivity index (χ0) is 8.60. The first kappa shape index (κ1) is 7.60. The first-order valence-corrected chi connectivity index (χ1v) is 4.48. The molecule has 1 saturated carbocycles. The first-order chi connectivity index (χ1) is 5.77. The Morgan fingerprint density at radius 1 is 1.42 bits per heavy atom. The van der Waals surface area contributed by atoms with Gasteiger partial charge in [0.1, 0.15) is 0 Å². The lowest BCUT2D eigenvalue weighted by atomic mass is 9.95. The van der Waals surface area contributed by atoms with Gasteiger partial charge < -0.3 is 0 Å². The van der Waals surface area contributed by atoms with Crippen LogP contribution in [0.1, 0.15) is 24.0 Å². The summed E-state index contributed by atoms with van der Waals surface area (Å²) < 4.78 is 0. The van der Waals surface area contributed by atoms with Crippen LogP contribution < -0.4 is 0 Å². The van der Waals surface area contributed by atoms with Gasteiger partial charge in [-0.15, -0.1) is 6.58 Å². The number of aryl methyl sites for hydroxylation is 1. The van der Waals surface area contributed by atoms with Crippen LogP contribution in [0, 0.1) is 6.92 Å². The first-order valence-electron chi connectivity index (χ1n) is 4.48. The van der Waals surface area contributed by atoms with Gasteiger partial charge in [-0.2, -0.15) is 0 Å². The van der Waals surface area contributed by atoms with E-state index in [0.717, 1.165) is 0 Å². The van der Waals surface area contributed by atoms with Crippen molar-refractivity contribution in [3.63, 3.8) is 0 Å². The van der Waals surface area contributed by atoms with E-state index in [9.17, 15) is 0 Å². The van der Waals surface area contributed by atoms with Gasteiger partial charge in [-0.05, 0) is 25.3 Å². The lowest BCUT2D eigenvalue weighted by molar-refractivity contribution is 0.892. The molecule has 0 bridgehead atoms. The van der Waals surface area contributed by atoms with Crippen molar-refractivity contribution in [1.82, 2.24) is 0 Å². The summed E-state index contributed by atoms with van der Waals surface area (Å²) in [7, 11) is 0. The highest BCUT2D eigenvalue weighted by molar-refractivity contribution is 5.38. The fourth-order valence-electron chi connectivity index (χ4n) is 1.70. The van der Waals surface area contributed by atoms with Crippen LogP contribution in [0.15, 0.2) is 36.9 Å². The minimum Gasteiger partial charge on any atom is -0.102 e. The van der Waals surface area contributed by atoms with Crippen molar-refractivity contribution in [3.8, 4) is 0 Å². The zero-order valence-electron chi connectivity index (χ0n) is 7.51. The number of rotatable bonds is 2. The van der Waals surface area contributed by atoms with Gasteiger partial charge in [-0.25, -0.2) is 0 Å². The van der Waals surface area contributed by atoms with Crippen LogP contribution in [-0.4, -0.2) is 0 Å². The standard InChI is InChI=1S/C12H14/c1-3-12(7-8-12)11-6-4-5-10(2)9-11/h3-6,9H,1,7-8H2,2H3. The fourth-order valence-corrected chi connectivity index (χ4v) is 1.70. The highest BCUT2D eigenvalue weighted by atomic mass is 14.4. The summed E-state index contributed by atoms with van der Waals surface area (Å²) >= 11 is 0. The summed E-state index contributed by atoms with van der Waals surface area (Å²) in [4.78, 5) is 0. The Hall–Kier alpha value is -1.04. The Bertz CT molecular complexity index is 306. The van der Waals surface area contributed by atoms with Gasteiger partial charge in [0.05, 0.1) is 0 Å². The minimum absolute atomic E-state index is 0.339. The zero-order valence-corrected chi connectivity index (χ0v) is 7.51. The molecule has 2 rings (SSSR count). The molecule has 1 aromatic rings. The van der Waals surface area contributed by atoms with Crippen molar-refractivity contribution in [3.05, 3.63) is 48.0 Å². The van der Waals surface area contributed by atoms with Crippen molar-refractivity contribution >= 4 is 0 Å². The number of benzene rings is 1. The summed E-state index contributed by atoms with van der Waals surface area (Å²) in [6.45, 7) is 6.04. The Labute approximate surface area is 73.9 Å². The molecule has 0 spiro atoms. The van der Waals surface area contributed by atoms with E-state index in [1.807, 2.05) is 0 Å². The van der Waals surface area contributed by atoms with Crippen LogP contribution in [0.5, 0.6) is 0 Å². The van der Waals surface area contributed by atoms with Crippen LogP contribution in [0.25, 0.3) is 0 Å². The molecule has 0 nitrogen and oxygen atoms in total. The lowest BCUT2D eigenvalue weighted by Gasteiger charge is -2.09. The van der Waals surface area contributed by atoms with Gasteiger partial charge in [0.2, 0.25) is 0 Å². The van der Waals surface area contributed by atoms with Crippen LogP contribution in [0.3, 0.4) is 0 Å². The average Bonchev–Trinajstić information content (AvgIpc) is 2.84. The van der Waals surface area contributed by atoms with Crippen LogP contribution >= 0.6 is 0 Å². The highest BCUT2D eigenvalue weighted by Gasteiger charge is 2.40. The summed E-state index contributed by atoms with van der Waals surface area (Å²) in [5.41, 5.74) is 3.13. The quantitative estimate of drug-likeness (QED) is 0.580. The molecule has 0 radical (unpaired) electrons. The molecule has 0 saturated heterocycles. The maximum Gasteiger partial charge on any atom is 0.0130 e. The molecule has 0 amide bonds. The van der Waals surface area contributed by atoms with Crippen molar-refractivity contribution in [2.24, 2.45) is 0 Å². The van der Waals surface area contributed by atoms with E-state index in [2.05, 4.69) is 43.8 Å². The van der Waals surface area contributed by atoms with E-state index >= 15 is 0 Å². The van der Waals surface area contributed by atoms with Gasteiger partial charge in [-0.3, -0.25) is 0 Å². The van der Waals surface area contributed by atoms with Crippen molar-refractivity contribution < 1.29 is 0 Å². The molecule has 0 aliphatic heterocycles. The SMILES string of the molecule is C=CC1(c2cccc(C)c2)CC1. The normalized spacial score (nSPS) is 18.8. The Morgan fingerprint density at radius 2 is 2.17 bits per heavy atom. The van der Waals surface area contributed by atoms with E-state index < -0.39 is 0 Å². The molecule has 0 heteroatoms. The predicted molar refractivity (Wildman–Crippen MR) is 52.3 cm³/mol. The third-order valence-corrected chi connectivity index (χ3v) is 2.77. The largest absolute Gasteiger partial charge is 0.102 e. The molecular formula is C12H14. The minimum atomic E-state index is 0.339. The number of hydrogen-bond acceptors (Lipinski definition) is 0. The second kappa shape index (κ2) is 2.48. The molecule has 12 heavy (non-hydrogen) atoms. The molecule has 0 N–H and O–H groups in total. The fraction of sp³-hybridized carbons (Fsp3) is 0.333. The molecule has 1 aliphatic rings. The molecule has 62 valence electrons. The van der Waals surface area contributed by atoms with Gasteiger partial charge in [-0.1, -0.05) is 35.9 Å². The average molecular weight is 158 g/mol. The summed E-state index contributed by atoms with van der Waals surface area (Å²) in [5, 5.41) is 0. The Morgan fingerprint density at radius 3 is 2.67 bits per heavy atom. The van der Waals surface area contributed by atoms with Crippen LogP contribution in [0.2, 0.25) is 0 Å². The molecular weight excluding hydrogens is 144 g/mol. The maximum atomic E-state index is 3.90. The third kappa shape index (κ3) is 1.08. The smallest absolute Gasteiger partial charge is 0.0130 e. The third-order valence-electron chi connectivity index (χ3n) is 2.77. The highest BCUT2D eigenvalue weighted by Crippen LogP contribution is 2.49. The molecule has 1 fully saturated rings. The topological polar surface area (TPSA) is 0 Å². The molecule has 0 unspecified atom stereocenters. The second-order valence-corrected chi connectivity index (χ2v) is 3.73. The van der Waals surface area contributed by atoms with Crippen molar-refractivity contribution in [1.29, 1.82) is 0 Å². The Balaban J connectivity index is 2.40. The molecule has 0 heterocycles. The molecule has 1 aromatic carbocycles. The Kier molecular flexibility index (Phi) is 1.57. The number of hydrogen-bond donors (Lipinski definition) is 0. The van der Waals surface area contributed by atoms with Crippen molar-refractivity contribution in [2.75, 3.05) is 0 Å². The van der Waals surface area contributed by atoms with Gasteiger partial charge in [0.15, 0.2) is 0 Å². The van der Waals surface area contributed by atoms with E-state index in [1.165, 1.54) is 24.0 Å². The van der Waals surface area contributed by atoms with Crippen LogP contribution in [-0.2, 0) is 5.41 Å². The lowest BCUT2D eigenvalue weighted by Crippen LogP contribution is -2.00. The van der Waals surface area contributed by atoms with Gasteiger partial charge in [0.25, 0.3) is 0 Å². The van der Waals surface area contributed by atoms with E-state index in [-0.39, 0.29) is 0 Å². The van der Waals surface area contributed by atoms with E-state index in [4.69, 9.17) is 0 Å². The summed E-state index contributed by atoms with van der Waals surface area (Å²) in [6, 6.07) is 8.76. The van der Waals surface area contributed by atoms with E-state index in [1.54, 1.807) is 0 Å². The summed E-state index contributed by atoms with van der Waals surface area (Å²) in [5.74, 6) is 0. The van der Waals surface area contributed by atoms with Gasteiger partial charge >= 0.3 is 0 Å². The van der Waals surface area contributed by atoms with Crippen molar-refractivity contribution in [2.45, 2.75) is 25.2 Å². The maximum absolute atomic E-state index is 3.90. The molecule has 0 atom stereocenters.